The zero-order chi connectivity index (χ0) is 18.4. The summed E-state index contributed by atoms with van der Waals surface area (Å²) in [4.78, 5) is 23.2. The molecule has 1 N–H and O–H groups in total. The Morgan fingerprint density at radius 3 is 2.54 bits per heavy atom. The SMILES string of the molecule is COc1ccc(CCNC(=O)c2cnc(N3CCC(C)CC3)cn2)cc1. The van der Waals surface area contributed by atoms with E-state index < -0.39 is 0 Å². The molecule has 1 aliphatic heterocycles. The molecule has 1 amide bonds. The fourth-order valence-electron chi connectivity index (χ4n) is 3.04. The summed E-state index contributed by atoms with van der Waals surface area (Å²) in [6.07, 6.45) is 6.38. The summed E-state index contributed by atoms with van der Waals surface area (Å²) in [6, 6.07) is 7.84. The minimum atomic E-state index is -0.190. The van der Waals surface area contributed by atoms with Crippen molar-refractivity contribution in [3.8, 4) is 5.75 Å². The van der Waals surface area contributed by atoms with Crippen LogP contribution in [0.5, 0.6) is 5.75 Å². The van der Waals surface area contributed by atoms with E-state index in [9.17, 15) is 4.79 Å². The van der Waals surface area contributed by atoms with Gasteiger partial charge >= 0.3 is 0 Å². The first-order valence-corrected chi connectivity index (χ1v) is 9.14. The van der Waals surface area contributed by atoms with Gasteiger partial charge in [0.2, 0.25) is 0 Å². The third-order valence-corrected chi connectivity index (χ3v) is 4.84. The molecule has 26 heavy (non-hydrogen) atoms. The molecule has 1 saturated heterocycles. The van der Waals surface area contributed by atoms with Gasteiger partial charge in [0.05, 0.1) is 19.5 Å². The van der Waals surface area contributed by atoms with Crippen molar-refractivity contribution in [2.75, 3.05) is 31.6 Å². The number of carbonyl (C=O) groups is 1. The van der Waals surface area contributed by atoms with Gasteiger partial charge in [0, 0.05) is 19.6 Å². The van der Waals surface area contributed by atoms with Gasteiger partial charge in [-0.05, 0) is 42.9 Å². The fraction of sp³-hybridized carbons (Fsp3) is 0.450. The third kappa shape index (κ3) is 4.71. The highest BCUT2D eigenvalue weighted by molar-refractivity contribution is 5.92. The second kappa shape index (κ2) is 8.65. The maximum Gasteiger partial charge on any atom is 0.271 e. The van der Waals surface area contributed by atoms with Crippen LogP contribution in [0.15, 0.2) is 36.7 Å². The van der Waals surface area contributed by atoms with Gasteiger partial charge in [0.25, 0.3) is 5.91 Å². The Morgan fingerprint density at radius 2 is 1.92 bits per heavy atom. The molecule has 1 aliphatic rings. The monoisotopic (exact) mass is 354 g/mol. The lowest BCUT2D eigenvalue weighted by atomic mass is 9.99. The highest BCUT2D eigenvalue weighted by atomic mass is 16.5. The molecule has 3 rings (SSSR count). The van der Waals surface area contributed by atoms with E-state index in [-0.39, 0.29) is 5.91 Å². The largest absolute Gasteiger partial charge is 0.497 e. The number of hydrogen-bond donors (Lipinski definition) is 1. The van der Waals surface area contributed by atoms with E-state index in [0.29, 0.717) is 12.2 Å². The van der Waals surface area contributed by atoms with Gasteiger partial charge in [-0.1, -0.05) is 19.1 Å². The normalized spacial score (nSPS) is 14.9. The van der Waals surface area contributed by atoms with Crippen LogP contribution in [-0.2, 0) is 6.42 Å². The minimum absolute atomic E-state index is 0.190. The van der Waals surface area contributed by atoms with E-state index >= 15 is 0 Å². The predicted molar refractivity (Wildman–Crippen MR) is 102 cm³/mol. The van der Waals surface area contributed by atoms with E-state index in [1.807, 2.05) is 24.3 Å². The Morgan fingerprint density at radius 1 is 1.19 bits per heavy atom. The Hall–Kier alpha value is -2.63. The highest BCUT2D eigenvalue weighted by Crippen LogP contribution is 2.20. The number of rotatable bonds is 6. The minimum Gasteiger partial charge on any atom is -0.497 e. The Kier molecular flexibility index (Phi) is 6.04. The summed E-state index contributed by atoms with van der Waals surface area (Å²) in [5, 5.41) is 2.89. The zero-order valence-electron chi connectivity index (χ0n) is 15.4. The van der Waals surface area contributed by atoms with Crippen LogP contribution in [0.1, 0.15) is 35.8 Å². The van der Waals surface area contributed by atoms with Crippen LogP contribution in [0.3, 0.4) is 0 Å². The predicted octanol–water partition coefficient (Wildman–Crippen LogP) is 2.69. The lowest BCUT2D eigenvalue weighted by molar-refractivity contribution is 0.0949. The molecule has 6 heteroatoms. The molecule has 0 aliphatic carbocycles. The average Bonchev–Trinajstić information content (AvgIpc) is 2.69. The number of benzene rings is 1. The summed E-state index contributed by atoms with van der Waals surface area (Å²) in [7, 11) is 1.65. The summed E-state index contributed by atoms with van der Waals surface area (Å²) >= 11 is 0. The van der Waals surface area contributed by atoms with Crippen molar-refractivity contribution < 1.29 is 9.53 Å². The van der Waals surface area contributed by atoms with Crippen LogP contribution >= 0.6 is 0 Å². The topological polar surface area (TPSA) is 67.3 Å². The van der Waals surface area contributed by atoms with Crippen molar-refractivity contribution in [3.63, 3.8) is 0 Å². The number of ether oxygens (including phenoxy) is 1. The number of aromatic nitrogens is 2. The molecule has 0 unspecified atom stereocenters. The molecule has 1 fully saturated rings. The number of amides is 1. The molecule has 1 aromatic carbocycles. The molecular weight excluding hydrogens is 328 g/mol. The standard InChI is InChI=1S/C20H26N4O2/c1-15-8-11-24(12-9-15)19-14-22-18(13-23-19)20(25)21-10-7-16-3-5-17(26-2)6-4-16/h3-6,13-15H,7-12H2,1-2H3,(H,21,25). The van der Waals surface area contributed by atoms with Gasteiger partial charge in [0.1, 0.15) is 17.3 Å². The lowest BCUT2D eigenvalue weighted by Crippen LogP contribution is -2.33. The van der Waals surface area contributed by atoms with E-state index in [0.717, 1.165) is 42.6 Å². The van der Waals surface area contributed by atoms with Crippen molar-refractivity contribution >= 4 is 11.7 Å². The Bertz CT molecular complexity index is 708. The Balaban J connectivity index is 1.48. The number of piperidine rings is 1. The van der Waals surface area contributed by atoms with Crippen molar-refractivity contribution in [1.29, 1.82) is 0 Å². The number of nitrogens with zero attached hydrogens (tertiary/aromatic N) is 3. The maximum absolute atomic E-state index is 12.2. The van der Waals surface area contributed by atoms with Gasteiger partial charge in [-0.2, -0.15) is 0 Å². The van der Waals surface area contributed by atoms with E-state index in [1.54, 1.807) is 19.5 Å². The maximum atomic E-state index is 12.2. The first-order valence-electron chi connectivity index (χ1n) is 9.14. The molecule has 0 saturated carbocycles. The fourth-order valence-corrected chi connectivity index (χ4v) is 3.04. The molecule has 0 bridgehead atoms. The highest BCUT2D eigenvalue weighted by Gasteiger charge is 2.17. The van der Waals surface area contributed by atoms with Gasteiger partial charge < -0.3 is 15.0 Å². The molecule has 0 atom stereocenters. The number of anilines is 1. The van der Waals surface area contributed by atoms with Crippen molar-refractivity contribution in [1.82, 2.24) is 15.3 Å². The van der Waals surface area contributed by atoms with Crippen LogP contribution in [0.4, 0.5) is 5.82 Å². The van der Waals surface area contributed by atoms with Crippen LogP contribution in [0.25, 0.3) is 0 Å². The van der Waals surface area contributed by atoms with Crippen LogP contribution < -0.4 is 15.0 Å². The smallest absolute Gasteiger partial charge is 0.271 e. The second-order valence-corrected chi connectivity index (χ2v) is 6.78. The molecule has 1 aromatic heterocycles. The van der Waals surface area contributed by atoms with Crippen LogP contribution in [0, 0.1) is 5.92 Å². The average molecular weight is 354 g/mol. The zero-order valence-corrected chi connectivity index (χ0v) is 15.4. The van der Waals surface area contributed by atoms with Gasteiger partial charge in [0.15, 0.2) is 0 Å². The van der Waals surface area contributed by atoms with Crippen LogP contribution in [0.2, 0.25) is 0 Å². The lowest BCUT2D eigenvalue weighted by Gasteiger charge is -2.30. The summed E-state index contributed by atoms with van der Waals surface area (Å²) in [5.74, 6) is 2.27. The van der Waals surface area contributed by atoms with E-state index in [4.69, 9.17) is 4.74 Å². The molecule has 0 spiro atoms. The molecular formula is C20H26N4O2. The number of hydrogen-bond acceptors (Lipinski definition) is 5. The summed E-state index contributed by atoms with van der Waals surface area (Å²) in [5.41, 5.74) is 1.50. The molecule has 2 heterocycles. The first-order chi connectivity index (χ1) is 12.7. The second-order valence-electron chi connectivity index (χ2n) is 6.78. The summed E-state index contributed by atoms with van der Waals surface area (Å²) < 4.78 is 5.14. The Labute approximate surface area is 154 Å². The van der Waals surface area contributed by atoms with Crippen molar-refractivity contribution in [2.24, 2.45) is 5.92 Å². The number of carbonyl (C=O) groups excluding carboxylic acids is 1. The van der Waals surface area contributed by atoms with Crippen LogP contribution in [-0.4, -0.2) is 42.6 Å². The van der Waals surface area contributed by atoms with E-state index in [2.05, 4.69) is 27.1 Å². The molecule has 0 radical (unpaired) electrons. The van der Waals surface area contributed by atoms with Gasteiger partial charge in [-0.25, -0.2) is 9.97 Å². The molecule has 138 valence electrons. The number of methoxy groups -OCH3 is 1. The van der Waals surface area contributed by atoms with Crippen molar-refractivity contribution in [3.05, 3.63) is 47.9 Å². The quantitative estimate of drug-likeness (QED) is 0.864. The number of nitrogens with one attached hydrogen (secondary N) is 1. The third-order valence-electron chi connectivity index (χ3n) is 4.84. The first kappa shape index (κ1) is 18.2. The van der Waals surface area contributed by atoms with E-state index in [1.165, 1.54) is 12.8 Å². The molecule has 6 nitrogen and oxygen atoms in total. The molecule has 2 aromatic rings. The van der Waals surface area contributed by atoms with Crippen molar-refractivity contribution in [2.45, 2.75) is 26.2 Å². The van der Waals surface area contributed by atoms with Gasteiger partial charge in [-0.15, -0.1) is 0 Å². The summed E-state index contributed by atoms with van der Waals surface area (Å²) in [6.45, 7) is 4.84. The van der Waals surface area contributed by atoms with Gasteiger partial charge in [-0.3, -0.25) is 4.79 Å².